The molecule has 1 aliphatic rings. The number of halogens is 1. The molecule has 0 bridgehead atoms. The van der Waals surface area contributed by atoms with Gasteiger partial charge in [-0.05, 0) is 38.0 Å². The molecule has 8 heteroatoms. The highest BCUT2D eigenvalue weighted by molar-refractivity contribution is 5.83. The molecule has 0 saturated carbocycles. The summed E-state index contributed by atoms with van der Waals surface area (Å²) in [6.07, 6.45) is 3.56. The van der Waals surface area contributed by atoms with E-state index in [0.717, 1.165) is 54.4 Å². The van der Waals surface area contributed by atoms with Crippen LogP contribution in [0.5, 0.6) is 0 Å². The summed E-state index contributed by atoms with van der Waals surface area (Å²) >= 11 is 0. The number of aromatic amines is 1. The van der Waals surface area contributed by atoms with Gasteiger partial charge in [-0.15, -0.1) is 0 Å². The van der Waals surface area contributed by atoms with E-state index in [0.29, 0.717) is 18.0 Å². The maximum absolute atomic E-state index is 13.5. The fourth-order valence-electron chi connectivity index (χ4n) is 3.68. The molecule has 1 fully saturated rings. The number of likely N-dealkylation sites (tertiary alicyclic amines) is 1. The minimum absolute atomic E-state index is 0.253. The lowest BCUT2D eigenvalue weighted by molar-refractivity contribution is 0.298. The number of aliphatic imine (C=N–C) groups is 1. The first-order valence-electron chi connectivity index (χ1n) is 9.14. The normalized spacial score (nSPS) is 16.3. The van der Waals surface area contributed by atoms with E-state index in [1.54, 1.807) is 19.4 Å². The van der Waals surface area contributed by atoms with E-state index in [9.17, 15) is 4.39 Å². The average Bonchev–Trinajstić information content (AvgIpc) is 3.32. The minimum Gasteiger partial charge on any atom is -0.459 e. The smallest absolute Gasteiger partial charge is 0.194 e. The molecule has 7 nitrogen and oxygen atoms in total. The van der Waals surface area contributed by atoms with Crippen LogP contribution in [0.1, 0.15) is 35.9 Å². The number of aromatic nitrogens is 3. The third kappa shape index (κ3) is 3.51. The predicted octanol–water partition coefficient (Wildman–Crippen LogP) is 2.95. The van der Waals surface area contributed by atoms with E-state index in [-0.39, 0.29) is 5.82 Å². The number of H-pyrrole nitrogens is 1. The van der Waals surface area contributed by atoms with Crippen LogP contribution in [0.2, 0.25) is 0 Å². The molecule has 3 aromatic rings. The molecule has 0 amide bonds. The van der Waals surface area contributed by atoms with E-state index in [2.05, 4.69) is 30.4 Å². The number of piperidine rings is 1. The average molecular weight is 370 g/mol. The monoisotopic (exact) mass is 370 g/mol. The zero-order valence-corrected chi connectivity index (χ0v) is 15.5. The van der Waals surface area contributed by atoms with E-state index in [1.807, 2.05) is 6.92 Å². The van der Waals surface area contributed by atoms with Gasteiger partial charge in [-0.1, -0.05) is 0 Å². The van der Waals surface area contributed by atoms with Crippen molar-refractivity contribution in [3.8, 4) is 0 Å². The Balaban J connectivity index is 1.39. The largest absolute Gasteiger partial charge is 0.459 e. The van der Waals surface area contributed by atoms with E-state index < -0.39 is 0 Å². The van der Waals surface area contributed by atoms with E-state index >= 15 is 0 Å². The van der Waals surface area contributed by atoms with Crippen molar-refractivity contribution >= 4 is 16.9 Å². The minimum atomic E-state index is -0.253. The highest BCUT2D eigenvalue weighted by Crippen LogP contribution is 2.27. The molecule has 2 aromatic heterocycles. The predicted molar refractivity (Wildman–Crippen MR) is 101 cm³/mol. The second kappa shape index (κ2) is 7.38. The molecule has 142 valence electrons. The van der Waals surface area contributed by atoms with Crippen molar-refractivity contribution in [2.75, 3.05) is 20.1 Å². The van der Waals surface area contributed by atoms with Crippen molar-refractivity contribution in [1.82, 2.24) is 25.4 Å². The van der Waals surface area contributed by atoms with Crippen LogP contribution in [0.4, 0.5) is 4.39 Å². The van der Waals surface area contributed by atoms with Gasteiger partial charge in [-0.25, -0.2) is 9.37 Å². The zero-order chi connectivity index (χ0) is 18.8. The van der Waals surface area contributed by atoms with Crippen LogP contribution in [-0.4, -0.2) is 46.2 Å². The SMILES string of the molecule is CN=C(NCc1oc2ccc(F)cc2c1C)N1CCC(c2ncn[nH]2)CC1. The Hall–Kier alpha value is -2.90. The quantitative estimate of drug-likeness (QED) is 0.547. The molecular formula is C19H23FN6O. The van der Waals surface area contributed by atoms with Crippen molar-refractivity contribution in [2.45, 2.75) is 32.2 Å². The van der Waals surface area contributed by atoms with Gasteiger partial charge < -0.3 is 14.6 Å². The topological polar surface area (TPSA) is 82.3 Å². The summed E-state index contributed by atoms with van der Waals surface area (Å²) in [5.41, 5.74) is 1.66. The number of rotatable bonds is 3. The van der Waals surface area contributed by atoms with Crippen LogP contribution in [0, 0.1) is 12.7 Å². The molecule has 0 spiro atoms. The van der Waals surface area contributed by atoms with E-state index in [4.69, 9.17) is 4.42 Å². The number of fused-ring (bicyclic) bond motifs is 1. The summed E-state index contributed by atoms with van der Waals surface area (Å²) in [6, 6.07) is 4.60. The Kier molecular flexibility index (Phi) is 4.79. The summed E-state index contributed by atoms with van der Waals surface area (Å²) in [5.74, 6) is 2.76. The van der Waals surface area contributed by atoms with Crippen molar-refractivity contribution in [2.24, 2.45) is 4.99 Å². The third-order valence-electron chi connectivity index (χ3n) is 5.23. The molecule has 4 rings (SSSR count). The molecule has 27 heavy (non-hydrogen) atoms. The van der Waals surface area contributed by atoms with Gasteiger partial charge in [-0.3, -0.25) is 10.1 Å². The van der Waals surface area contributed by atoms with Crippen molar-refractivity contribution in [3.05, 3.63) is 47.5 Å². The number of guanidine groups is 1. The lowest BCUT2D eigenvalue weighted by atomic mass is 9.96. The fourth-order valence-corrected chi connectivity index (χ4v) is 3.68. The van der Waals surface area contributed by atoms with Gasteiger partial charge in [0, 0.05) is 37.0 Å². The van der Waals surface area contributed by atoms with Crippen LogP contribution in [-0.2, 0) is 6.54 Å². The lowest BCUT2D eigenvalue weighted by Crippen LogP contribution is -2.45. The summed E-state index contributed by atoms with van der Waals surface area (Å²) in [5, 5.41) is 11.1. The first-order chi connectivity index (χ1) is 13.2. The van der Waals surface area contributed by atoms with Crippen LogP contribution < -0.4 is 5.32 Å². The molecule has 1 saturated heterocycles. The Morgan fingerprint density at radius 3 is 2.93 bits per heavy atom. The molecule has 1 aliphatic heterocycles. The van der Waals surface area contributed by atoms with Crippen LogP contribution in [0.25, 0.3) is 11.0 Å². The summed E-state index contributed by atoms with van der Waals surface area (Å²) < 4.78 is 19.4. The standard InChI is InChI=1S/C19H23FN6O/c1-12-15-9-14(20)3-4-16(15)27-17(12)10-22-19(21-2)26-7-5-13(6-8-26)18-23-11-24-25-18/h3-4,9,11,13H,5-8,10H2,1-2H3,(H,21,22)(H,23,24,25). The molecule has 2 N–H and O–H groups in total. The van der Waals surface area contributed by atoms with Gasteiger partial charge in [0.25, 0.3) is 0 Å². The first kappa shape index (κ1) is 17.5. The fraction of sp³-hybridized carbons (Fsp3) is 0.421. The van der Waals surface area contributed by atoms with Gasteiger partial charge >= 0.3 is 0 Å². The second-order valence-electron chi connectivity index (χ2n) is 6.82. The van der Waals surface area contributed by atoms with E-state index in [1.165, 1.54) is 12.1 Å². The highest BCUT2D eigenvalue weighted by Gasteiger charge is 2.24. The van der Waals surface area contributed by atoms with Gasteiger partial charge in [0.2, 0.25) is 0 Å². The molecular weight excluding hydrogens is 347 g/mol. The number of nitrogens with zero attached hydrogens (tertiary/aromatic N) is 4. The highest BCUT2D eigenvalue weighted by atomic mass is 19.1. The molecule has 0 aliphatic carbocycles. The number of hydrogen-bond donors (Lipinski definition) is 2. The van der Waals surface area contributed by atoms with Gasteiger partial charge in [0.15, 0.2) is 5.96 Å². The van der Waals surface area contributed by atoms with Gasteiger partial charge in [-0.2, -0.15) is 5.10 Å². The maximum Gasteiger partial charge on any atom is 0.194 e. The Morgan fingerprint density at radius 2 is 2.22 bits per heavy atom. The Labute approximate surface area is 156 Å². The number of furan rings is 1. The van der Waals surface area contributed by atoms with Crippen molar-refractivity contribution in [3.63, 3.8) is 0 Å². The number of aryl methyl sites for hydroxylation is 1. The van der Waals surface area contributed by atoms with Gasteiger partial charge in [0.1, 0.15) is 29.3 Å². The lowest BCUT2D eigenvalue weighted by Gasteiger charge is -2.33. The van der Waals surface area contributed by atoms with Crippen LogP contribution in [0.15, 0.2) is 33.9 Å². The molecule has 0 atom stereocenters. The zero-order valence-electron chi connectivity index (χ0n) is 15.5. The number of benzene rings is 1. The summed E-state index contributed by atoms with van der Waals surface area (Å²) in [6.45, 7) is 4.26. The molecule has 3 heterocycles. The maximum atomic E-state index is 13.5. The second-order valence-corrected chi connectivity index (χ2v) is 6.82. The molecule has 0 unspecified atom stereocenters. The first-order valence-corrected chi connectivity index (χ1v) is 9.14. The van der Waals surface area contributed by atoms with Crippen LogP contribution >= 0.6 is 0 Å². The Bertz CT molecular complexity index is 941. The summed E-state index contributed by atoms with van der Waals surface area (Å²) in [7, 11) is 1.78. The van der Waals surface area contributed by atoms with Crippen molar-refractivity contribution in [1.29, 1.82) is 0 Å². The molecule has 0 radical (unpaired) electrons. The van der Waals surface area contributed by atoms with Crippen LogP contribution in [0.3, 0.4) is 0 Å². The summed E-state index contributed by atoms with van der Waals surface area (Å²) in [4.78, 5) is 10.9. The van der Waals surface area contributed by atoms with Gasteiger partial charge in [0.05, 0.1) is 6.54 Å². The Morgan fingerprint density at radius 1 is 1.41 bits per heavy atom. The van der Waals surface area contributed by atoms with Crippen molar-refractivity contribution < 1.29 is 8.81 Å². The third-order valence-corrected chi connectivity index (χ3v) is 5.23. The number of hydrogen-bond acceptors (Lipinski definition) is 4. The number of nitrogens with one attached hydrogen (secondary N) is 2. The molecule has 1 aromatic carbocycles.